The van der Waals surface area contributed by atoms with E-state index in [9.17, 15) is 4.79 Å². The van der Waals surface area contributed by atoms with Crippen LogP contribution in [0.5, 0.6) is 0 Å². The highest BCUT2D eigenvalue weighted by Crippen LogP contribution is 2.30. The Morgan fingerprint density at radius 3 is 2.68 bits per heavy atom. The molecule has 1 aromatic carbocycles. The van der Waals surface area contributed by atoms with Crippen molar-refractivity contribution in [2.75, 3.05) is 18.4 Å². The number of likely N-dealkylation sites (tertiary alicyclic amines) is 1. The lowest BCUT2D eigenvalue weighted by molar-refractivity contribution is 0.0686. The maximum atomic E-state index is 12.3. The van der Waals surface area contributed by atoms with Crippen LogP contribution < -0.4 is 5.32 Å². The molecule has 1 fully saturated rings. The van der Waals surface area contributed by atoms with E-state index in [2.05, 4.69) is 22.4 Å². The van der Waals surface area contributed by atoms with E-state index in [-0.39, 0.29) is 5.91 Å². The van der Waals surface area contributed by atoms with Crippen LogP contribution in [0.3, 0.4) is 0 Å². The monoisotopic (exact) mass is 353 g/mol. The number of anilines is 1. The molecule has 3 aromatic rings. The van der Waals surface area contributed by atoms with Crippen LogP contribution in [0.2, 0.25) is 0 Å². The van der Waals surface area contributed by atoms with E-state index in [1.165, 1.54) is 11.8 Å². The molecule has 1 amide bonds. The third-order valence-electron chi connectivity index (χ3n) is 4.41. The Bertz CT molecular complexity index is 821. The number of benzene rings is 1. The molecule has 3 heterocycles. The minimum Gasteiger partial charge on any atom is -0.459 e. The average molecular weight is 353 g/mol. The Labute approximate surface area is 150 Å². The number of rotatable bonds is 4. The number of carbonyl (C=O) groups excluding carboxylic acids is 1. The predicted octanol–water partition coefficient (Wildman–Crippen LogP) is 4.12. The second-order valence-electron chi connectivity index (χ2n) is 6.08. The first kappa shape index (κ1) is 15.9. The minimum absolute atomic E-state index is 0.0240. The maximum absolute atomic E-state index is 12.3. The lowest BCUT2D eigenvalue weighted by atomic mass is 10.1. The molecular formula is C19H19N3O2S. The van der Waals surface area contributed by atoms with Crippen LogP contribution in [-0.4, -0.2) is 34.9 Å². The highest BCUT2D eigenvalue weighted by atomic mass is 32.1. The normalized spacial score (nSPS) is 15.3. The summed E-state index contributed by atoms with van der Waals surface area (Å²) < 4.78 is 5.20. The van der Waals surface area contributed by atoms with Crippen molar-refractivity contribution in [3.05, 3.63) is 60.7 Å². The fourth-order valence-electron chi connectivity index (χ4n) is 3.03. The lowest BCUT2D eigenvalue weighted by Gasteiger charge is -2.31. The van der Waals surface area contributed by atoms with Gasteiger partial charge in [0.05, 0.1) is 11.1 Å². The minimum atomic E-state index is -0.0240. The molecular weight excluding hydrogens is 334 g/mol. The van der Waals surface area contributed by atoms with Gasteiger partial charge in [0.2, 0.25) is 0 Å². The van der Waals surface area contributed by atoms with Crippen LogP contribution in [0, 0.1) is 0 Å². The highest BCUT2D eigenvalue weighted by Gasteiger charge is 2.25. The van der Waals surface area contributed by atoms with E-state index in [4.69, 9.17) is 4.42 Å². The van der Waals surface area contributed by atoms with Crippen LogP contribution in [0.1, 0.15) is 23.4 Å². The van der Waals surface area contributed by atoms with E-state index in [0.717, 1.165) is 35.9 Å². The Morgan fingerprint density at radius 2 is 1.96 bits per heavy atom. The quantitative estimate of drug-likeness (QED) is 0.766. The number of amides is 1. The van der Waals surface area contributed by atoms with Gasteiger partial charge in [0.1, 0.15) is 0 Å². The molecule has 128 valence electrons. The highest BCUT2D eigenvalue weighted by molar-refractivity contribution is 7.18. The molecule has 1 aliphatic rings. The van der Waals surface area contributed by atoms with Gasteiger partial charge in [-0.2, -0.15) is 0 Å². The van der Waals surface area contributed by atoms with E-state index in [0.29, 0.717) is 11.8 Å². The molecule has 6 heteroatoms. The number of nitrogens with zero attached hydrogens (tertiary/aromatic N) is 2. The third kappa shape index (κ3) is 3.58. The number of hydrogen-bond acceptors (Lipinski definition) is 5. The van der Waals surface area contributed by atoms with Gasteiger partial charge >= 0.3 is 0 Å². The molecule has 0 radical (unpaired) electrons. The second-order valence-corrected chi connectivity index (χ2v) is 7.11. The average Bonchev–Trinajstić information content (AvgIpc) is 3.35. The number of nitrogens with one attached hydrogen (secondary N) is 1. The molecule has 0 unspecified atom stereocenters. The van der Waals surface area contributed by atoms with Crippen LogP contribution in [-0.2, 0) is 0 Å². The molecule has 1 N–H and O–H groups in total. The van der Waals surface area contributed by atoms with E-state index >= 15 is 0 Å². The maximum Gasteiger partial charge on any atom is 0.289 e. The summed E-state index contributed by atoms with van der Waals surface area (Å²) in [6.45, 7) is 1.46. The zero-order valence-corrected chi connectivity index (χ0v) is 14.5. The number of piperidine rings is 1. The molecule has 25 heavy (non-hydrogen) atoms. The smallest absolute Gasteiger partial charge is 0.289 e. The zero-order valence-electron chi connectivity index (χ0n) is 13.7. The van der Waals surface area contributed by atoms with Crippen LogP contribution in [0.15, 0.2) is 59.3 Å². The topological polar surface area (TPSA) is 58.4 Å². The number of carbonyl (C=O) groups is 1. The molecule has 1 aliphatic heterocycles. The fourth-order valence-corrected chi connectivity index (χ4v) is 3.93. The predicted molar refractivity (Wildman–Crippen MR) is 98.8 cm³/mol. The van der Waals surface area contributed by atoms with Crippen LogP contribution in [0.4, 0.5) is 5.13 Å². The number of furan rings is 1. The first-order valence-electron chi connectivity index (χ1n) is 8.40. The van der Waals surface area contributed by atoms with Crippen molar-refractivity contribution >= 4 is 22.4 Å². The Balaban J connectivity index is 1.33. The molecule has 4 rings (SSSR count). The largest absolute Gasteiger partial charge is 0.459 e. The van der Waals surface area contributed by atoms with Gasteiger partial charge < -0.3 is 14.6 Å². The SMILES string of the molecule is O=C(c1ccco1)N1CCC(Nc2ncc(-c3ccccc3)s2)CC1. The summed E-state index contributed by atoms with van der Waals surface area (Å²) in [5.74, 6) is 0.392. The summed E-state index contributed by atoms with van der Waals surface area (Å²) in [6, 6.07) is 14.1. The van der Waals surface area contributed by atoms with Crippen LogP contribution in [0.25, 0.3) is 10.4 Å². The molecule has 2 aromatic heterocycles. The van der Waals surface area contributed by atoms with Crippen molar-refractivity contribution in [2.24, 2.45) is 0 Å². The number of aromatic nitrogens is 1. The zero-order chi connectivity index (χ0) is 17.1. The molecule has 0 aliphatic carbocycles. The first-order valence-corrected chi connectivity index (χ1v) is 9.22. The summed E-state index contributed by atoms with van der Waals surface area (Å²) in [6.07, 6.45) is 5.27. The van der Waals surface area contributed by atoms with Crippen molar-refractivity contribution in [3.8, 4) is 10.4 Å². The van der Waals surface area contributed by atoms with Gasteiger partial charge in [-0.15, -0.1) is 0 Å². The summed E-state index contributed by atoms with van der Waals surface area (Å²) >= 11 is 1.67. The molecule has 1 saturated heterocycles. The van der Waals surface area contributed by atoms with Crippen LogP contribution >= 0.6 is 11.3 Å². The van der Waals surface area contributed by atoms with Gasteiger partial charge in [-0.25, -0.2) is 4.98 Å². The van der Waals surface area contributed by atoms with Gasteiger partial charge in [-0.05, 0) is 30.5 Å². The summed E-state index contributed by atoms with van der Waals surface area (Å²) in [7, 11) is 0. The molecule has 5 nitrogen and oxygen atoms in total. The molecule has 0 atom stereocenters. The van der Waals surface area contributed by atoms with Crippen molar-refractivity contribution in [1.29, 1.82) is 0 Å². The Hall–Kier alpha value is -2.60. The third-order valence-corrected chi connectivity index (χ3v) is 5.38. The van der Waals surface area contributed by atoms with Gasteiger partial charge in [0.25, 0.3) is 5.91 Å². The second kappa shape index (κ2) is 7.11. The Kier molecular flexibility index (Phi) is 4.52. The number of hydrogen-bond donors (Lipinski definition) is 1. The Morgan fingerprint density at radius 1 is 1.16 bits per heavy atom. The molecule has 0 saturated carbocycles. The van der Waals surface area contributed by atoms with Crippen molar-refractivity contribution < 1.29 is 9.21 Å². The van der Waals surface area contributed by atoms with E-state index < -0.39 is 0 Å². The molecule has 0 bridgehead atoms. The van der Waals surface area contributed by atoms with Crippen molar-refractivity contribution in [2.45, 2.75) is 18.9 Å². The van der Waals surface area contributed by atoms with Gasteiger partial charge in [-0.1, -0.05) is 41.7 Å². The van der Waals surface area contributed by atoms with Crippen molar-refractivity contribution in [3.63, 3.8) is 0 Å². The van der Waals surface area contributed by atoms with Gasteiger partial charge in [0.15, 0.2) is 10.9 Å². The fraction of sp³-hybridized carbons (Fsp3) is 0.263. The summed E-state index contributed by atoms with van der Waals surface area (Å²) in [4.78, 5) is 19.8. The van der Waals surface area contributed by atoms with Crippen molar-refractivity contribution in [1.82, 2.24) is 9.88 Å². The standard InChI is InChI=1S/C19H19N3O2S/c23-18(16-7-4-12-24-16)22-10-8-15(9-11-22)21-19-20-13-17(25-19)14-5-2-1-3-6-14/h1-7,12-13,15H,8-11H2,(H,20,21). The summed E-state index contributed by atoms with van der Waals surface area (Å²) in [5.41, 5.74) is 1.19. The summed E-state index contributed by atoms with van der Waals surface area (Å²) in [5, 5.41) is 4.45. The lowest BCUT2D eigenvalue weighted by Crippen LogP contribution is -2.42. The molecule has 0 spiro atoms. The number of thiazole rings is 1. The first-order chi connectivity index (χ1) is 12.3. The van der Waals surface area contributed by atoms with E-state index in [1.807, 2.05) is 29.3 Å². The van der Waals surface area contributed by atoms with Gasteiger partial charge in [0, 0.05) is 25.3 Å². The van der Waals surface area contributed by atoms with Gasteiger partial charge in [-0.3, -0.25) is 4.79 Å². The van der Waals surface area contributed by atoms with E-state index in [1.54, 1.807) is 23.5 Å².